The molecular formula is C14H19NO2. The molecule has 1 fully saturated rings. The zero-order chi connectivity index (χ0) is 11.7. The van der Waals surface area contributed by atoms with Crippen LogP contribution in [-0.4, -0.2) is 18.9 Å². The van der Waals surface area contributed by atoms with Crippen LogP contribution in [0.25, 0.3) is 0 Å². The van der Waals surface area contributed by atoms with E-state index in [9.17, 15) is 0 Å². The van der Waals surface area contributed by atoms with Crippen molar-refractivity contribution in [3.05, 3.63) is 23.8 Å². The maximum Gasteiger partial charge on any atom is 0.231 e. The summed E-state index contributed by atoms with van der Waals surface area (Å²) in [6.45, 7) is 2.61. The van der Waals surface area contributed by atoms with Crippen LogP contribution in [0.4, 0.5) is 0 Å². The lowest BCUT2D eigenvalue weighted by Gasteiger charge is -2.30. The summed E-state index contributed by atoms with van der Waals surface area (Å²) in [4.78, 5) is 0. The highest BCUT2D eigenvalue weighted by Crippen LogP contribution is 2.32. The Hall–Kier alpha value is -1.22. The molecule has 92 valence electrons. The third kappa shape index (κ3) is 2.39. The Bertz CT molecular complexity index is 401. The second kappa shape index (κ2) is 4.57. The molecule has 17 heavy (non-hydrogen) atoms. The first-order chi connectivity index (χ1) is 8.31. The van der Waals surface area contributed by atoms with Gasteiger partial charge in [0, 0.05) is 12.1 Å². The summed E-state index contributed by atoms with van der Waals surface area (Å²) in [5, 5.41) is 3.66. The van der Waals surface area contributed by atoms with E-state index in [4.69, 9.17) is 9.47 Å². The Labute approximate surface area is 102 Å². The van der Waals surface area contributed by atoms with Gasteiger partial charge in [0.15, 0.2) is 11.5 Å². The van der Waals surface area contributed by atoms with E-state index in [1.165, 1.54) is 24.8 Å². The van der Waals surface area contributed by atoms with Crippen LogP contribution in [0, 0.1) is 0 Å². The molecule has 0 saturated heterocycles. The summed E-state index contributed by atoms with van der Waals surface area (Å²) >= 11 is 0. The first kappa shape index (κ1) is 10.9. The average Bonchev–Trinajstić information content (AvgIpc) is 2.71. The number of ether oxygens (including phenoxy) is 2. The van der Waals surface area contributed by atoms with Crippen LogP contribution >= 0.6 is 0 Å². The van der Waals surface area contributed by atoms with E-state index in [0.29, 0.717) is 12.8 Å². The second-order valence-corrected chi connectivity index (χ2v) is 5.09. The Morgan fingerprint density at radius 3 is 2.88 bits per heavy atom. The lowest BCUT2D eigenvalue weighted by molar-refractivity contribution is 0.174. The molecule has 3 nitrogen and oxygen atoms in total. The fourth-order valence-corrected chi connectivity index (χ4v) is 2.46. The number of hydrogen-bond acceptors (Lipinski definition) is 3. The summed E-state index contributed by atoms with van der Waals surface area (Å²) in [5.74, 6) is 1.76. The van der Waals surface area contributed by atoms with Crippen molar-refractivity contribution in [3.8, 4) is 11.5 Å². The molecular weight excluding hydrogens is 214 g/mol. The SMILES string of the molecule is CC(Cc1ccc2c(c1)OCO2)NC1CCC1. The highest BCUT2D eigenvalue weighted by molar-refractivity contribution is 5.44. The molecule has 3 heteroatoms. The minimum Gasteiger partial charge on any atom is -0.454 e. The highest BCUT2D eigenvalue weighted by atomic mass is 16.7. The van der Waals surface area contributed by atoms with Gasteiger partial charge in [-0.2, -0.15) is 0 Å². The van der Waals surface area contributed by atoms with E-state index >= 15 is 0 Å². The minimum absolute atomic E-state index is 0.356. The van der Waals surface area contributed by atoms with Crippen LogP contribution in [0.1, 0.15) is 31.7 Å². The van der Waals surface area contributed by atoms with Gasteiger partial charge in [0.05, 0.1) is 0 Å². The van der Waals surface area contributed by atoms with E-state index in [1.807, 2.05) is 6.07 Å². The molecule has 1 unspecified atom stereocenters. The maximum absolute atomic E-state index is 5.39. The molecule has 0 radical (unpaired) electrons. The van der Waals surface area contributed by atoms with Crippen molar-refractivity contribution in [2.75, 3.05) is 6.79 Å². The number of hydrogen-bond donors (Lipinski definition) is 1. The fourth-order valence-electron chi connectivity index (χ4n) is 2.46. The molecule has 0 amide bonds. The van der Waals surface area contributed by atoms with Crippen LogP contribution in [0.15, 0.2) is 18.2 Å². The highest BCUT2D eigenvalue weighted by Gasteiger charge is 2.19. The standard InChI is InChI=1S/C14H19NO2/c1-10(15-12-3-2-4-12)7-11-5-6-13-14(8-11)17-9-16-13/h5-6,8,10,12,15H,2-4,7,9H2,1H3. The van der Waals surface area contributed by atoms with E-state index < -0.39 is 0 Å². The Morgan fingerprint density at radius 2 is 2.12 bits per heavy atom. The van der Waals surface area contributed by atoms with Crippen molar-refractivity contribution in [2.24, 2.45) is 0 Å². The van der Waals surface area contributed by atoms with Crippen molar-refractivity contribution >= 4 is 0 Å². The van der Waals surface area contributed by atoms with Crippen LogP contribution < -0.4 is 14.8 Å². The number of rotatable bonds is 4. The first-order valence-corrected chi connectivity index (χ1v) is 6.46. The topological polar surface area (TPSA) is 30.5 Å². The number of benzene rings is 1. The van der Waals surface area contributed by atoms with Gasteiger partial charge in [-0.05, 0) is 43.9 Å². The van der Waals surface area contributed by atoms with E-state index in [0.717, 1.165) is 24.0 Å². The summed E-state index contributed by atoms with van der Waals surface area (Å²) in [6, 6.07) is 7.52. The molecule has 0 aromatic heterocycles. The van der Waals surface area contributed by atoms with E-state index in [2.05, 4.69) is 24.4 Å². The fraction of sp³-hybridized carbons (Fsp3) is 0.571. The number of nitrogens with one attached hydrogen (secondary N) is 1. The largest absolute Gasteiger partial charge is 0.454 e. The molecule has 2 aliphatic rings. The third-order valence-electron chi connectivity index (χ3n) is 3.60. The van der Waals surface area contributed by atoms with Gasteiger partial charge in [-0.1, -0.05) is 12.5 Å². The predicted molar refractivity (Wildman–Crippen MR) is 66.5 cm³/mol. The van der Waals surface area contributed by atoms with Crippen molar-refractivity contribution in [1.29, 1.82) is 0 Å². The third-order valence-corrected chi connectivity index (χ3v) is 3.60. The van der Waals surface area contributed by atoms with Crippen molar-refractivity contribution in [3.63, 3.8) is 0 Å². The van der Waals surface area contributed by atoms with Gasteiger partial charge >= 0.3 is 0 Å². The van der Waals surface area contributed by atoms with Gasteiger partial charge in [-0.25, -0.2) is 0 Å². The molecule has 1 aromatic rings. The van der Waals surface area contributed by atoms with E-state index in [-0.39, 0.29) is 0 Å². The second-order valence-electron chi connectivity index (χ2n) is 5.09. The van der Waals surface area contributed by atoms with E-state index in [1.54, 1.807) is 0 Å². The van der Waals surface area contributed by atoms with Crippen LogP contribution in [0.2, 0.25) is 0 Å². The summed E-state index contributed by atoms with van der Waals surface area (Å²) in [6.07, 6.45) is 5.11. The molecule has 1 aromatic carbocycles. The van der Waals surface area contributed by atoms with Gasteiger partial charge in [0.2, 0.25) is 6.79 Å². The minimum atomic E-state index is 0.356. The van der Waals surface area contributed by atoms with Crippen LogP contribution in [0.3, 0.4) is 0 Å². The zero-order valence-electron chi connectivity index (χ0n) is 10.2. The smallest absolute Gasteiger partial charge is 0.231 e. The summed E-state index contributed by atoms with van der Waals surface area (Å²) < 4.78 is 10.7. The quantitative estimate of drug-likeness (QED) is 0.866. The monoisotopic (exact) mass is 233 g/mol. The normalized spacial score (nSPS) is 20.1. The Morgan fingerprint density at radius 1 is 1.29 bits per heavy atom. The van der Waals surface area contributed by atoms with Crippen LogP contribution in [-0.2, 0) is 6.42 Å². The maximum atomic E-state index is 5.39. The lowest BCUT2D eigenvalue weighted by Crippen LogP contribution is -2.41. The molecule has 3 rings (SSSR count). The number of fused-ring (bicyclic) bond motifs is 1. The van der Waals surface area contributed by atoms with Gasteiger partial charge in [-0.15, -0.1) is 0 Å². The van der Waals surface area contributed by atoms with Gasteiger partial charge in [0.25, 0.3) is 0 Å². The molecule has 1 saturated carbocycles. The first-order valence-electron chi connectivity index (χ1n) is 6.46. The van der Waals surface area contributed by atoms with Crippen LogP contribution in [0.5, 0.6) is 11.5 Å². The molecule has 1 aliphatic carbocycles. The average molecular weight is 233 g/mol. The molecule has 1 heterocycles. The molecule has 1 atom stereocenters. The molecule has 1 aliphatic heterocycles. The predicted octanol–water partition coefficient (Wildman–Crippen LogP) is 2.49. The summed E-state index contributed by atoms with van der Waals surface area (Å²) in [7, 11) is 0. The molecule has 0 spiro atoms. The van der Waals surface area contributed by atoms with Crippen molar-refractivity contribution < 1.29 is 9.47 Å². The van der Waals surface area contributed by atoms with Crippen molar-refractivity contribution in [1.82, 2.24) is 5.32 Å². The van der Waals surface area contributed by atoms with Crippen molar-refractivity contribution in [2.45, 2.75) is 44.7 Å². The van der Waals surface area contributed by atoms with Gasteiger partial charge in [0.1, 0.15) is 0 Å². The summed E-state index contributed by atoms with van der Waals surface area (Å²) in [5.41, 5.74) is 1.31. The lowest BCUT2D eigenvalue weighted by atomic mass is 9.92. The molecule has 0 bridgehead atoms. The molecule has 1 N–H and O–H groups in total. The zero-order valence-corrected chi connectivity index (χ0v) is 10.2. The van der Waals surface area contributed by atoms with Gasteiger partial charge < -0.3 is 14.8 Å². The van der Waals surface area contributed by atoms with Gasteiger partial charge in [-0.3, -0.25) is 0 Å². The Balaban J connectivity index is 1.60. The Kier molecular flexibility index (Phi) is 2.93.